The second-order valence-electron chi connectivity index (χ2n) is 5.33. The average Bonchev–Trinajstić information content (AvgIpc) is 2.81. The first-order valence-electron chi connectivity index (χ1n) is 7.33. The van der Waals surface area contributed by atoms with E-state index in [4.69, 9.17) is 9.47 Å². The molecule has 0 aromatic heterocycles. The maximum Gasteiger partial charge on any atom is 0.241 e. The molecule has 0 radical (unpaired) electrons. The summed E-state index contributed by atoms with van der Waals surface area (Å²) in [4.78, 5) is 14.4. The zero-order valence-corrected chi connectivity index (χ0v) is 13.1. The summed E-state index contributed by atoms with van der Waals surface area (Å²) in [6, 6.07) is 7.72. The predicted molar refractivity (Wildman–Crippen MR) is 81.1 cm³/mol. The maximum atomic E-state index is 12.5. The fraction of sp³-hybridized carbons (Fsp3) is 0.562. The zero-order valence-electron chi connectivity index (χ0n) is 13.1. The summed E-state index contributed by atoms with van der Waals surface area (Å²) < 4.78 is 10.5. The van der Waals surface area contributed by atoms with Crippen molar-refractivity contribution in [2.45, 2.75) is 38.5 Å². The lowest BCUT2D eigenvalue weighted by atomic mass is 10.1. The van der Waals surface area contributed by atoms with Crippen LogP contribution in [0.2, 0.25) is 0 Å². The molecule has 1 saturated heterocycles. The van der Waals surface area contributed by atoms with E-state index in [-0.39, 0.29) is 24.2 Å². The number of amides is 1. The Bertz CT molecular complexity index is 475. The van der Waals surface area contributed by atoms with Crippen molar-refractivity contribution >= 4 is 5.91 Å². The number of methoxy groups -OCH3 is 2. The Morgan fingerprint density at radius 1 is 1.29 bits per heavy atom. The predicted octanol–water partition coefficient (Wildman–Crippen LogP) is 1.94. The fourth-order valence-corrected chi connectivity index (χ4v) is 2.76. The Morgan fingerprint density at radius 2 is 1.95 bits per heavy atom. The van der Waals surface area contributed by atoms with Crippen molar-refractivity contribution in [2.24, 2.45) is 0 Å². The number of carbonyl (C=O) groups is 1. The minimum Gasteiger partial charge on any atom is -0.497 e. The van der Waals surface area contributed by atoms with Gasteiger partial charge in [-0.25, -0.2) is 0 Å². The largest absolute Gasteiger partial charge is 0.497 e. The molecule has 21 heavy (non-hydrogen) atoms. The lowest BCUT2D eigenvalue weighted by Gasteiger charge is -2.32. The monoisotopic (exact) mass is 292 g/mol. The van der Waals surface area contributed by atoms with E-state index in [1.54, 1.807) is 14.2 Å². The molecule has 5 heteroatoms. The molecule has 0 bridgehead atoms. The zero-order chi connectivity index (χ0) is 15.4. The summed E-state index contributed by atoms with van der Waals surface area (Å²) in [5.41, 5.74) is 1.06. The summed E-state index contributed by atoms with van der Waals surface area (Å²) in [5, 5.41) is 3.36. The van der Waals surface area contributed by atoms with E-state index in [0.717, 1.165) is 17.7 Å². The Balaban J connectivity index is 2.27. The first kappa shape index (κ1) is 15.8. The molecule has 3 unspecified atom stereocenters. The van der Waals surface area contributed by atoms with Gasteiger partial charge >= 0.3 is 0 Å². The summed E-state index contributed by atoms with van der Waals surface area (Å²) in [6.07, 6.45) is 0.749. The number of nitrogens with zero attached hydrogens (tertiary/aromatic N) is 1. The van der Waals surface area contributed by atoms with Crippen LogP contribution in [0.1, 0.15) is 32.0 Å². The van der Waals surface area contributed by atoms with Crippen LogP contribution in [0.5, 0.6) is 5.75 Å². The molecule has 1 aromatic carbocycles. The number of hydrogen-bond donors (Lipinski definition) is 1. The van der Waals surface area contributed by atoms with Crippen LogP contribution in [-0.4, -0.2) is 43.7 Å². The van der Waals surface area contributed by atoms with Gasteiger partial charge in [0, 0.05) is 7.11 Å². The third-order valence-corrected chi connectivity index (χ3v) is 3.97. The van der Waals surface area contributed by atoms with Gasteiger partial charge in [0.2, 0.25) is 5.91 Å². The molecule has 0 saturated carbocycles. The first-order chi connectivity index (χ1) is 10.1. The van der Waals surface area contributed by atoms with Crippen LogP contribution in [0, 0.1) is 0 Å². The van der Waals surface area contributed by atoms with Gasteiger partial charge in [-0.2, -0.15) is 0 Å². The number of ether oxygens (including phenoxy) is 2. The lowest BCUT2D eigenvalue weighted by molar-refractivity contribution is -0.133. The molecule has 0 spiro atoms. The molecule has 3 atom stereocenters. The van der Waals surface area contributed by atoms with E-state index >= 15 is 0 Å². The molecule has 1 heterocycles. The highest BCUT2D eigenvalue weighted by molar-refractivity contribution is 5.84. The average molecular weight is 292 g/mol. The maximum absolute atomic E-state index is 12.5. The van der Waals surface area contributed by atoms with Crippen LogP contribution in [0.15, 0.2) is 24.3 Å². The van der Waals surface area contributed by atoms with Gasteiger partial charge in [-0.05, 0) is 31.0 Å². The standard InChI is InChI=1S/C16H24N2O3/c1-5-13(10-20-3)18-15(17-11(2)16(18)19)12-6-8-14(21-4)9-7-12/h6-9,11,13,15,17H,5,10H2,1-4H3. The van der Waals surface area contributed by atoms with Gasteiger partial charge in [0.25, 0.3) is 0 Å². The molecule has 0 aliphatic carbocycles. The van der Waals surface area contributed by atoms with Crippen LogP contribution >= 0.6 is 0 Å². The van der Waals surface area contributed by atoms with Crippen LogP contribution in [-0.2, 0) is 9.53 Å². The molecule has 1 fully saturated rings. The highest BCUT2D eigenvalue weighted by Crippen LogP contribution is 2.29. The first-order valence-corrected chi connectivity index (χ1v) is 7.33. The second-order valence-corrected chi connectivity index (χ2v) is 5.33. The van der Waals surface area contributed by atoms with Crippen LogP contribution < -0.4 is 10.1 Å². The molecule has 1 N–H and O–H groups in total. The van der Waals surface area contributed by atoms with E-state index in [2.05, 4.69) is 12.2 Å². The van der Waals surface area contributed by atoms with Crippen molar-refractivity contribution in [2.75, 3.05) is 20.8 Å². The van der Waals surface area contributed by atoms with E-state index in [1.165, 1.54) is 0 Å². The van der Waals surface area contributed by atoms with Crippen LogP contribution in [0.3, 0.4) is 0 Å². The minimum absolute atomic E-state index is 0.0760. The molecule has 1 aromatic rings. The third-order valence-electron chi connectivity index (χ3n) is 3.97. The smallest absolute Gasteiger partial charge is 0.241 e. The summed E-state index contributed by atoms with van der Waals surface area (Å²) in [5.74, 6) is 0.936. The Hall–Kier alpha value is -1.59. The Kier molecular flexibility index (Phi) is 5.20. The minimum atomic E-state index is -0.178. The third kappa shape index (κ3) is 3.19. The van der Waals surface area contributed by atoms with E-state index in [9.17, 15) is 4.79 Å². The van der Waals surface area contributed by atoms with Crippen molar-refractivity contribution in [1.82, 2.24) is 10.2 Å². The molecule has 1 amide bonds. The van der Waals surface area contributed by atoms with Gasteiger partial charge in [-0.15, -0.1) is 0 Å². The van der Waals surface area contributed by atoms with Crippen molar-refractivity contribution in [1.29, 1.82) is 0 Å². The SMILES string of the molecule is CCC(COC)N1C(=O)C(C)NC1c1ccc(OC)cc1. The van der Waals surface area contributed by atoms with Gasteiger partial charge < -0.3 is 14.4 Å². The van der Waals surface area contributed by atoms with Gasteiger partial charge in [-0.3, -0.25) is 10.1 Å². The second kappa shape index (κ2) is 6.91. The summed E-state index contributed by atoms with van der Waals surface area (Å²) in [7, 11) is 3.31. The molecule has 1 aliphatic rings. The van der Waals surface area contributed by atoms with E-state index in [1.807, 2.05) is 36.1 Å². The highest BCUT2D eigenvalue weighted by Gasteiger charge is 2.40. The number of benzene rings is 1. The Labute approximate surface area is 126 Å². The van der Waals surface area contributed by atoms with Gasteiger partial charge in [-0.1, -0.05) is 19.1 Å². The molecular weight excluding hydrogens is 268 g/mol. The summed E-state index contributed by atoms with van der Waals surface area (Å²) in [6.45, 7) is 4.52. The number of carbonyl (C=O) groups excluding carboxylic acids is 1. The highest BCUT2D eigenvalue weighted by atomic mass is 16.5. The van der Waals surface area contributed by atoms with Crippen molar-refractivity contribution in [3.05, 3.63) is 29.8 Å². The number of hydrogen-bond acceptors (Lipinski definition) is 4. The van der Waals surface area contributed by atoms with E-state index < -0.39 is 0 Å². The van der Waals surface area contributed by atoms with Gasteiger partial charge in [0.1, 0.15) is 11.9 Å². The normalized spacial score (nSPS) is 23.4. The quantitative estimate of drug-likeness (QED) is 0.870. The van der Waals surface area contributed by atoms with Crippen LogP contribution in [0.25, 0.3) is 0 Å². The number of rotatable bonds is 6. The lowest BCUT2D eigenvalue weighted by Crippen LogP contribution is -2.42. The topological polar surface area (TPSA) is 50.8 Å². The molecule has 1 aliphatic heterocycles. The molecule has 2 rings (SSSR count). The molecule has 116 valence electrons. The van der Waals surface area contributed by atoms with Crippen molar-refractivity contribution in [3.8, 4) is 5.75 Å². The van der Waals surface area contributed by atoms with Gasteiger partial charge in [0.15, 0.2) is 0 Å². The van der Waals surface area contributed by atoms with Crippen LogP contribution in [0.4, 0.5) is 0 Å². The molecular formula is C16H24N2O3. The number of nitrogens with one attached hydrogen (secondary N) is 1. The molecule has 5 nitrogen and oxygen atoms in total. The van der Waals surface area contributed by atoms with Crippen molar-refractivity contribution in [3.63, 3.8) is 0 Å². The Morgan fingerprint density at radius 3 is 2.48 bits per heavy atom. The fourth-order valence-electron chi connectivity index (χ4n) is 2.76. The van der Waals surface area contributed by atoms with Gasteiger partial charge in [0.05, 0.1) is 25.8 Å². The summed E-state index contributed by atoms with van der Waals surface area (Å²) >= 11 is 0. The van der Waals surface area contributed by atoms with Crippen molar-refractivity contribution < 1.29 is 14.3 Å². The van der Waals surface area contributed by atoms with E-state index in [0.29, 0.717) is 6.61 Å².